The van der Waals surface area contributed by atoms with Gasteiger partial charge < -0.3 is 14.7 Å². The van der Waals surface area contributed by atoms with Crippen LogP contribution in [0.4, 0.5) is 0 Å². The summed E-state index contributed by atoms with van der Waals surface area (Å²) in [7, 11) is 0. The lowest BCUT2D eigenvalue weighted by atomic mass is 9.93. The Morgan fingerprint density at radius 2 is 2.04 bits per heavy atom. The van der Waals surface area contributed by atoms with E-state index in [9.17, 15) is 9.90 Å². The van der Waals surface area contributed by atoms with Gasteiger partial charge in [0.05, 0.1) is 35.9 Å². The second-order valence-electron chi connectivity index (χ2n) is 6.72. The van der Waals surface area contributed by atoms with Crippen molar-refractivity contribution in [3.05, 3.63) is 33.8 Å². The molecule has 1 N–H and O–H groups in total. The fourth-order valence-corrected chi connectivity index (χ4v) is 4.05. The predicted molar refractivity (Wildman–Crippen MR) is 89.9 cm³/mol. The molecule has 2 fully saturated rings. The number of benzene rings is 1. The number of hydrogen-bond acceptors (Lipinski definition) is 3. The third kappa shape index (κ3) is 3.25. The van der Waals surface area contributed by atoms with Crippen molar-refractivity contribution in [3.63, 3.8) is 0 Å². The van der Waals surface area contributed by atoms with E-state index in [2.05, 4.69) is 0 Å². The molecular formula is C18H24ClNO3. The van der Waals surface area contributed by atoms with E-state index in [1.54, 1.807) is 0 Å². The third-order valence-corrected chi connectivity index (χ3v) is 5.58. The van der Waals surface area contributed by atoms with Gasteiger partial charge in [0.25, 0.3) is 5.91 Å². The van der Waals surface area contributed by atoms with Gasteiger partial charge >= 0.3 is 0 Å². The first-order chi connectivity index (χ1) is 11.0. The monoisotopic (exact) mass is 337 g/mol. The van der Waals surface area contributed by atoms with Crippen LogP contribution in [-0.2, 0) is 4.74 Å². The molecule has 1 aromatic rings. The largest absolute Gasteiger partial charge is 0.393 e. The smallest absolute Gasteiger partial charge is 0.255 e. The van der Waals surface area contributed by atoms with Crippen LogP contribution in [0.3, 0.4) is 0 Å². The Hall–Kier alpha value is -1.10. The summed E-state index contributed by atoms with van der Waals surface area (Å²) in [6.45, 7) is 5.56. The second-order valence-corrected chi connectivity index (χ2v) is 7.13. The first kappa shape index (κ1) is 16.7. The lowest BCUT2D eigenvalue weighted by Gasteiger charge is -2.40. The zero-order valence-corrected chi connectivity index (χ0v) is 14.5. The molecule has 2 aliphatic rings. The molecule has 4 nitrogen and oxygen atoms in total. The van der Waals surface area contributed by atoms with E-state index >= 15 is 0 Å². The highest BCUT2D eigenvalue weighted by Gasteiger charge is 2.40. The van der Waals surface area contributed by atoms with Crippen LogP contribution < -0.4 is 0 Å². The summed E-state index contributed by atoms with van der Waals surface area (Å²) in [4.78, 5) is 14.9. The van der Waals surface area contributed by atoms with Crippen molar-refractivity contribution in [2.24, 2.45) is 5.92 Å². The molecule has 3 atom stereocenters. The molecule has 23 heavy (non-hydrogen) atoms. The molecule has 5 heteroatoms. The molecule has 1 aliphatic heterocycles. The molecule has 0 unspecified atom stereocenters. The average molecular weight is 338 g/mol. The SMILES string of the molecule is Cc1cc(Cl)c(C(=O)N2CCOC[C@@H]2[C@H]2CCC[C@@H]2O)cc1C. The van der Waals surface area contributed by atoms with Gasteiger partial charge in [0, 0.05) is 12.5 Å². The molecule has 1 heterocycles. The van der Waals surface area contributed by atoms with Gasteiger partial charge in [-0.1, -0.05) is 18.0 Å². The van der Waals surface area contributed by atoms with Crippen molar-refractivity contribution in [2.75, 3.05) is 19.8 Å². The number of carbonyl (C=O) groups excluding carboxylic acids is 1. The fourth-order valence-electron chi connectivity index (χ4n) is 3.75. The molecule has 3 rings (SSSR count). The van der Waals surface area contributed by atoms with E-state index in [0.717, 1.165) is 30.4 Å². The van der Waals surface area contributed by atoms with Crippen molar-refractivity contribution >= 4 is 17.5 Å². The van der Waals surface area contributed by atoms with Gasteiger partial charge in [-0.2, -0.15) is 0 Å². The molecule has 1 aliphatic carbocycles. The number of hydrogen-bond donors (Lipinski definition) is 1. The Morgan fingerprint density at radius 3 is 2.74 bits per heavy atom. The standard InChI is InChI=1S/C18H24ClNO3/c1-11-8-14(15(19)9-12(11)2)18(22)20-6-7-23-10-16(20)13-4-3-5-17(13)21/h8-9,13,16-17,21H,3-7,10H2,1-2H3/t13-,16-,17+/m1/s1. The Kier molecular flexibility index (Phi) is 4.95. The summed E-state index contributed by atoms with van der Waals surface area (Å²) < 4.78 is 5.59. The molecule has 1 saturated carbocycles. The maximum atomic E-state index is 13.1. The number of aliphatic hydroxyl groups is 1. The van der Waals surface area contributed by atoms with Crippen LogP contribution in [0.2, 0.25) is 5.02 Å². The van der Waals surface area contributed by atoms with Gasteiger partial charge in [-0.05, 0) is 49.9 Å². The second kappa shape index (κ2) is 6.80. The molecule has 0 radical (unpaired) electrons. The molecule has 0 aromatic heterocycles. The lowest BCUT2D eigenvalue weighted by Crippen LogP contribution is -2.53. The van der Waals surface area contributed by atoms with Crippen molar-refractivity contribution in [2.45, 2.75) is 45.3 Å². The third-order valence-electron chi connectivity index (χ3n) is 5.27. The first-order valence-electron chi connectivity index (χ1n) is 8.32. The number of rotatable bonds is 2. The molecular weight excluding hydrogens is 314 g/mol. The summed E-state index contributed by atoms with van der Waals surface area (Å²) in [6.07, 6.45) is 2.43. The summed E-state index contributed by atoms with van der Waals surface area (Å²) >= 11 is 6.32. The molecule has 1 saturated heterocycles. The molecule has 0 bridgehead atoms. The number of halogens is 1. The van der Waals surface area contributed by atoms with Gasteiger partial charge in [-0.15, -0.1) is 0 Å². The van der Waals surface area contributed by atoms with E-state index in [4.69, 9.17) is 16.3 Å². The number of amides is 1. The van der Waals surface area contributed by atoms with Crippen LogP contribution in [-0.4, -0.2) is 47.8 Å². The normalized spacial score (nSPS) is 28.2. The Labute approximate surface area is 142 Å². The van der Waals surface area contributed by atoms with Crippen LogP contribution in [0.1, 0.15) is 40.7 Å². The summed E-state index contributed by atoms with van der Waals surface area (Å²) in [5, 5.41) is 10.7. The summed E-state index contributed by atoms with van der Waals surface area (Å²) in [6, 6.07) is 3.66. The minimum absolute atomic E-state index is 0.0505. The molecule has 126 valence electrons. The Bertz CT molecular complexity index is 604. The van der Waals surface area contributed by atoms with Gasteiger partial charge in [0.1, 0.15) is 0 Å². The highest BCUT2D eigenvalue weighted by molar-refractivity contribution is 6.34. The summed E-state index contributed by atoms with van der Waals surface area (Å²) in [5.41, 5.74) is 2.69. The van der Waals surface area contributed by atoms with Gasteiger partial charge in [-0.3, -0.25) is 4.79 Å². The van der Waals surface area contributed by atoms with Gasteiger partial charge in [-0.25, -0.2) is 0 Å². The number of aliphatic hydroxyl groups excluding tert-OH is 1. The minimum Gasteiger partial charge on any atom is -0.393 e. The fraction of sp³-hybridized carbons (Fsp3) is 0.611. The number of ether oxygens (including phenoxy) is 1. The van der Waals surface area contributed by atoms with E-state index < -0.39 is 0 Å². The van der Waals surface area contributed by atoms with Crippen LogP contribution in [0.15, 0.2) is 12.1 Å². The number of morpholine rings is 1. The first-order valence-corrected chi connectivity index (χ1v) is 8.70. The number of carbonyl (C=O) groups is 1. The topological polar surface area (TPSA) is 49.8 Å². The lowest BCUT2D eigenvalue weighted by molar-refractivity contribution is -0.0383. The van der Waals surface area contributed by atoms with Crippen LogP contribution in [0, 0.1) is 19.8 Å². The molecule has 1 amide bonds. The van der Waals surface area contributed by atoms with Gasteiger partial charge in [0.2, 0.25) is 0 Å². The van der Waals surface area contributed by atoms with E-state index in [0.29, 0.717) is 30.3 Å². The average Bonchev–Trinajstić information content (AvgIpc) is 2.96. The van der Waals surface area contributed by atoms with Crippen LogP contribution in [0.5, 0.6) is 0 Å². The zero-order chi connectivity index (χ0) is 16.6. The van der Waals surface area contributed by atoms with Crippen molar-refractivity contribution in [3.8, 4) is 0 Å². The van der Waals surface area contributed by atoms with Crippen LogP contribution >= 0.6 is 11.6 Å². The van der Waals surface area contributed by atoms with E-state index in [-0.39, 0.29) is 24.0 Å². The maximum absolute atomic E-state index is 13.1. The molecule has 1 aromatic carbocycles. The zero-order valence-electron chi connectivity index (χ0n) is 13.7. The highest BCUT2D eigenvalue weighted by Crippen LogP contribution is 2.33. The van der Waals surface area contributed by atoms with Crippen molar-refractivity contribution in [1.82, 2.24) is 4.90 Å². The maximum Gasteiger partial charge on any atom is 0.255 e. The van der Waals surface area contributed by atoms with E-state index in [1.165, 1.54) is 0 Å². The van der Waals surface area contributed by atoms with Gasteiger partial charge in [0.15, 0.2) is 0 Å². The molecule has 0 spiro atoms. The Morgan fingerprint density at radius 1 is 1.30 bits per heavy atom. The number of aryl methyl sites for hydroxylation is 2. The minimum atomic E-state index is -0.341. The van der Waals surface area contributed by atoms with Crippen molar-refractivity contribution < 1.29 is 14.6 Å². The summed E-state index contributed by atoms with van der Waals surface area (Å²) in [5.74, 6) is 0.0510. The predicted octanol–water partition coefficient (Wildman–Crippen LogP) is 2.96. The van der Waals surface area contributed by atoms with Crippen molar-refractivity contribution in [1.29, 1.82) is 0 Å². The quantitative estimate of drug-likeness (QED) is 0.902. The van der Waals surface area contributed by atoms with Crippen LogP contribution in [0.25, 0.3) is 0 Å². The highest BCUT2D eigenvalue weighted by atomic mass is 35.5. The Balaban J connectivity index is 1.88. The van der Waals surface area contributed by atoms with E-state index in [1.807, 2.05) is 30.9 Å². The number of nitrogens with zero attached hydrogens (tertiary/aromatic N) is 1.